The Morgan fingerprint density at radius 1 is 1.14 bits per heavy atom. The molecule has 0 saturated heterocycles. The molecule has 0 saturated carbocycles. The molecule has 1 atom stereocenters. The SMILES string of the molecule is CNC(NC(=O)c1cn(CCNC(=O)c2ccc(C(F)(F)F)cc2OC)cn1)c1ccc(Br)cc1. The number of ether oxygens (including phenoxy) is 1. The Morgan fingerprint density at radius 2 is 1.86 bits per heavy atom. The van der Waals surface area contributed by atoms with Crippen molar-refractivity contribution in [3.05, 3.63) is 81.8 Å². The monoisotopic (exact) mass is 553 g/mol. The molecular formula is C23H23BrF3N5O3. The molecule has 3 aromatic rings. The number of nitrogens with zero attached hydrogens (tertiary/aromatic N) is 2. The van der Waals surface area contributed by atoms with E-state index in [1.807, 2.05) is 24.3 Å². The zero-order valence-corrected chi connectivity index (χ0v) is 20.4. The van der Waals surface area contributed by atoms with Crippen LogP contribution in [0, 0.1) is 0 Å². The Balaban J connectivity index is 1.56. The predicted octanol–water partition coefficient (Wildman–Crippen LogP) is 3.75. The lowest BCUT2D eigenvalue weighted by atomic mass is 10.1. The quantitative estimate of drug-likeness (QED) is 0.351. The van der Waals surface area contributed by atoms with E-state index in [1.54, 1.807) is 11.6 Å². The predicted molar refractivity (Wildman–Crippen MR) is 126 cm³/mol. The molecule has 3 N–H and O–H groups in total. The highest BCUT2D eigenvalue weighted by atomic mass is 79.9. The van der Waals surface area contributed by atoms with Crippen LogP contribution in [0.25, 0.3) is 0 Å². The number of hydrogen-bond donors (Lipinski definition) is 3. The first-order chi connectivity index (χ1) is 16.6. The second-order valence-corrected chi connectivity index (χ2v) is 8.33. The van der Waals surface area contributed by atoms with Crippen LogP contribution in [0.3, 0.4) is 0 Å². The summed E-state index contributed by atoms with van der Waals surface area (Å²) in [6.07, 6.45) is -1.97. The van der Waals surface area contributed by atoms with Gasteiger partial charge >= 0.3 is 6.18 Å². The number of aromatic nitrogens is 2. The Labute approximate surface area is 208 Å². The van der Waals surface area contributed by atoms with Crippen molar-refractivity contribution in [1.29, 1.82) is 0 Å². The molecule has 0 spiro atoms. The van der Waals surface area contributed by atoms with Gasteiger partial charge in [-0.25, -0.2) is 4.98 Å². The number of imidazole rings is 1. The van der Waals surface area contributed by atoms with Crippen molar-refractivity contribution in [3.63, 3.8) is 0 Å². The summed E-state index contributed by atoms with van der Waals surface area (Å²) in [6, 6.07) is 10.2. The molecule has 8 nitrogen and oxygen atoms in total. The first-order valence-corrected chi connectivity index (χ1v) is 11.2. The molecule has 2 amide bonds. The molecule has 0 aliphatic rings. The molecule has 35 heavy (non-hydrogen) atoms. The maximum absolute atomic E-state index is 12.9. The molecule has 0 aliphatic carbocycles. The van der Waals surface area contributed by atoms with E-state index in [9.17, 15) is 22.8 Å². The normalized spacial score (nSPS) is 12.2. The van der Waals surface area contributed by atoms with Gasteiger partial charge in [0.25, 0.3) is 11.8 Å². The minimum Gasteiger partial charge on any atom is -0.496 e. The van der Waals surface area contributed by atoms with Crippen LogP contribution in [0.2, 0.25) is 0 Å². The Kier molecular flexibility index (Phi) is 8.52. The van der Waals surface area contributed by atoms with Gasteiger partial charge in [0.1, 0.15) is 17.6 Å². The van der Waals surface area contributed by atoms with Crippen LogP contribution in [-0.2, 0) is 12.7 Å². The molecule has 1 unspecified atom stereocenters. The number of methoxy groups -OCH3 is 1. The summed E-state index contributed by atoms with van der Waals surface area (Å²) in [5.74, 6) is -1.15. The standard InChI is InChI=1S/C23H23BrF3N5O3/c1-28-20(14-3-6-16(24)7-4-14)31-22(34)18-12-32(13-30-18)10-9-29-21(33)17-8-5-15(23(25,26)27)11-19(17)35-2/h3-8,11-13,20,28H,9-10H2,1-2H3,(H,29,33)(H,31,34). The van der Waals surface area contributed by atoms with E-state index < -0.39 is 23.8 Å². The van der Waals surface area contributed by atoms with Gasteiger partial charge in [-0.2, -0.15) is 13.2 Å². The van der Waals surface area contributed by atoms with E-state index >= 15 is 0 Å². The zero-order valence-electron chi connectivity index (χ0n) is 18.8. The van der Waals surface area contributed by atoms with E-state index in [4.69, 9.17) is 4.74 Å². The molecule has 0 fully saturated rings. The van der Waals surface area contributed by atoms with Crippen molar-refractivity contribution in [2.24, 2.45) is 0 Å². The lowest BCUT2D eigenvalue weighted by Crippen LogP contribution is -2.36. The van der Waals surface area contributed by atoms with E-state index in [0.717, 1.165) is 28.2 Å². The highest BCUT2D eigenvalue weighted by molar-refractivity contribution is 9.10. The van der Waals surface area contributed by atoms with Gasteiger partial charge in [0.2, 0.25) is 0 Å². The summed E-state index contributed by atoms with van der Waals surface area (Å²) in [7, 11) is 2.92. The summed E-state index contributed by atoms with van der Waals surface area (Å²) in [6.45, 7) is 0.440. The van der Waals surface area contributed by atoms with Gasteiger partial charge in [-0.05, 0) is 42.9 Å². The van der Waals surface area contributed by atoms with Gasteiger partial charge in [-0.15, -0.1) is 0 Å². The van der Waals surface area contributed by atoms with Crippen LogP contribution in [-0.4, -0.2) is 42.1 Å². The lowest BCUT2D eigenvalue weighted by Gasteiger charge is -2.17. The van der Waals surface area contributed by atoms with Crippen LogP contribution >= 0.6 is 15.9 Å². The number of nitrogens with one attached hydrogen (secondary N) is 3. The fraction of sp³-hybridized carbons (Fsp3) is 0.261. The first-order valence-electron chi connectivity index (χ1n) is 10.4. The molecule has 0 radical (unpaired) electrons. The first kappa shape index (κ1) is 26.2. The van der Waals surface area contributed by atoms with E-state index in [2.05, 4.69) is 36.9 Å². The van der Waals surface area contributed by atoms with Crippen LogP contribution in [0.5, 0.6) is 5.75 Å². The third-order valence-electron chi connectivity index (χ3n) is 5.06. The van der Waals surface area contributed by atoms with Crippen LogP contribution < -0.4 is 20.7 Å². The van der Waals surface area contributed by atoms with Crippen molar-refractivity contribution in [2.45, 2.75) is 18.9 Å². The molecule has 0 aliphatic heterocycles. The summed E-state index contributed by atoms with van der Waals surface area (Å²) in [5.41, 5.74) is 0.135. The Morgan fingerprint density at radius 3 is 2.49 bits per heavy atom. The number of halogens is 4. The molecular weight excluding hydrogens is 531 g/mol. The van der Waals surface area contributed by atoms with E-state index in [-0.39, 0.29) is 36.0 Å². The van der Waals surface area contributed by atoms with Crippen molar-refractivity contribution < 1.29 is 27.5 Å². The topological polar surface area (TPSA) is 97.3 Å². The van der Waals surface area contributed by atoms with Gasteiger partial charge in [0, 0.05) is 23.8 Å². The van der Waals surface area contributed by atoms with E-state index in [0.29, 0.717) is 0 Å². The highest BCUT2D eigenvalue weighted by Gasteiger charge is 2.31. The molecule has 0 bridgehead atoms. The summed E-state index contributed by atoms with van der Waals surface area (Å²) in [4.78, 5) is 29.1. The second kappa shape index (κ2) is 11.4. The van der Waals surface area contributed by atoms with Gasteiger partial charge in [0.15, 0.2) is 0 Å². The molecule has 186 valence electrons. The summed E-state index contributed by atoms with van der Waals surface area (Å²) < 4.78 is 46.1. The van der Waals surface area contributed by atoms with E-state index in [1.165, 1.54) is 19.6 Å². The highest BCUT2D eigenvalue weighted by Crippen LogP contribution is 2.33. The smallest absolute Gasteiger partial charge is 0.416 e. The molecule has 1 heterocycles. The fourth-order valence-corrected chi connectivity index (χ4v) is 3.50. The third kappa shape index (κ3) is 6.83. The summed E-state index contributed by atoms with van der Waals surface area (Å²) >= 11 is 3.37. The van der Waals surface area contributed by atoms with Crippen LogP contribution in [0.4, 0.5) is 13.2 Å². The van der Waals surface area contributed by atoms with Crippen LogP contribution in [0.1, 0.15) is 38.1 Å². The average molecular weight is 554 g/mol. The largest absolute Gasteiger partial charge is 0.496 e. The molecule has 1 aromatic heterocycles. The van der Waals surface area contributed by atoms with Crippen molar-refractivity contribution in [1.82, 2.24) is 25.5 Å². The number of carbonyl (C=O) groups excluding carboxylic acids is 2. The van der Waals surface area contributed by atoms with Gasteiger partial charge in [-0.3, -0.25) is 14.9 Å². The molecule has 2 aromatic carbocycles. The van der Waals surface area contributed by atoms with Crippen molar-refractivity contribution in [3.8, 4) is 5.75 Å². The Bertz CT molecular complexity index is 1180. The van der Waals surface area contributed by atoms with Gasteiger partial charge < -0.3 is 19.9 Å². The number of amides is 2. The number of alkyl halides is 3. The molecule has 3 rings (SSSR count). The number of hydrogen-bond acceptors (Lipinski definition) is 5. The fourth-order valence-electron chi connectivity index (χ4n) is 3.23. The maximum atomic E-state index is 12.9. The lowest BCUT2D eigenvalue weighted by molar-refractivity contribution is -0.137. The number of carbonyl (C=O) groups is 2. The third-order valence-corrected chi connectivity index (χ3v) is 5.59. The Hall–Kier alpha value is -3.38. The number of benzene rings is 2. The average Bonchev–Trinajstić information content (AvgIpc) is 3.31. The molecule has 12 heteroatoms. The maximum Gasteiger partial charge on any atom is 0.416 e. The van der Waals surface area contributed by atoms with Crippen molar-refractivity contribution in [2.75, 3.05) is 20.7 Å². The minimum absolute atomic E-state index is 0.0164. The minimum atomic E-state index is -4.54. The second-order valence-electron chi connectivity index (χ2n) is 7.41. The zero-order chi connectivity index (χ0) is 25.6. The summed E-state index contributed by atoms with van der Waals surface area (Å²) in [5, 5.41) is 8.50. The van der Waals surface area contributed by atoms with Gasteiger partial charge in [0.05, 0.1) is 24.6 Å². The number of rotatable bonds is 9. The van der Waals surface area contributed by atoms with Crippen LogP contribution in [0.15, 0.2) is 59.5 Å². The van der Waals surface area contributed by atoms with Gasteiger partial charge in [-0.1, -0.05) is 28.1 Å². The van der Waals surface area contributed by atoms with Crippen molar-refractivity contribution >= 4 is 27.7 Å².